The average molecular weight is 385 g/mol. The second-order valence-electron chi connectivity index (χ2n) is 7.44. The highest BCUT2D eigenvalue weighted by Crippen LogP contribution is 2.25. The summed E-state index contributed by atoms with van der Waals surface area (Å²) in [5.41, 5.74) is 3.03. The molecule has 28 heavy (non-hydrogen) atoms. The van der Waals surface area contributed by atoms with Crippen LogP contribution < -0.4 is 15.8 Å². The molecule has 0 unspecified atom stereocenters. The normalized spacial score (nSPS) is 19.5. The lowest BCUT2D eigenvalue weighted by molar-refractivity contribution is 0.0751. The Kier molecular flexibility index (Phi) is 5.79. The molecule has 0 radical (unpaired) electrons. The molecule has 1 aliphatic rings. The Morgan fingerprint density at radius 2 is 1.93 bits per heavy atom. The summed E-state index contributed by atoms with van der Waals surface area (Å²) in [5.74, 6) is 0.418. The molecule has 3 rings (SSSR count). The van der Waals surface area contributed by atoms with E-state index in [4.69, 9.17) is 4.74 Å². The lowest BCUT2D eigenvalue weighted by atomic mass is 10.1. The minimum Gasteiger partial charge on any atom is -0.377 e. The summed E-state index contributed by atoms with van der Waals surface area (Å²) in [6.07, 6.45) is 1.41. The fourth-order valence-corrected chi connectivity index (χ4v) is 3.71. The van der Waals surface area contributed by atoms with Crippen LogP contribution in [0.25, 0.3) is 0 Å². The van der Waals surface area contributed by atoms with Crippen LogP contribution in [0.4, 0.5) is 5.82 Å². The van der Waals surface area contributed by atoms with E-state index in [9.17, 15) is 9.59 Å². The first-order valence-corrected chi connectivity index (χ1v) is 9.44. The molecule has 2 N–H and O–H groups in total. The molecule has 150 valence electrons. The molecule has 1 fully saturated rings. The van der Waals surface area contributed by atoms with E-state index in [2.05, 4.69) is 39.0 Å². The number of rotatable bonds is 4. The van der Waals surface area contributed by atoms with Gasteiger partial charge in [0.25, 0.3) is 11.5 Å². The van der Waals surface area contributed by atoms with Crippen LogP contribution in [0.5, 0.6) is 0 Å². The Balaban J connectivity index is 1.82. The predicted molar refractivity (Wildman–Crippen MR) is 107 cm³/mol. The van der Waals surface area contributed by atoms with E-state index in [1.54, 1.807) is 0 Å². The summed E-state index contributed by atoms with van der Waals surface area (Å²) < 4.78 is 5.58. The fourth-order valence-electron chi connectivity index (χ4n) is 3.71. The number of pyridine rings is 1. The number of H-pyrrole nitrogens is 1. The second-order valence-corrected chi connectivity index (χ2v) is 7.44. The number of ether oxygens (including phenoxy) is 1. The first-order valence-electron chi connectivity index (χ1n) is 9.44. The maximum absolute atomic E-state index is 12.8. The molecule has 2 atom stereocenters. The van der Waals surface area contributed by atoms with Gasteiger partial charge in [-0.1, -0.05) is 0 Å². The number of aromatic nitrogens is 3. The van der Waals surface area contributed by atoms with Crippen LogP contribution in [0, 0.1) is 20.8 Å². The molecule has 0 bridgehead atoms. The van der Waals surface area contributed by atoms with E-state index in [1.165, 1.54) is 6.33 Å². The number of carbonyl (C=O) groups is 1. The molecule has 1 amide bonds. The van der Waals surface area contributed by atoms with Crippen molar-refractivity contribution in [1.82, 2.24) is 20.3 Å². The molecule has 2 aromatic heterocycles. The van der Waals surface area contributed by atoms with Crippen molar-refractivity contribution in [3.63, 3.8) is 0 Å². The van der Waals surface area contributed by atoms with Gasteiger partial charge in [-0.05, 0) is 46.2 Å². The SMILES string of the molecule is Cc1cc(C)c(CNC(=O)c2ncnc(N3[C@@H](C)COC[C@@H]3C)c2C)c(=O)[nH]1. The zero-order chi connectivity index (χ0) is 20.4. The first-order chi connectivity index (χ1) is 13.3. The van der Waals surface area contributed by atoms with Gasteiger partial charge in [0, 0.05) is 23.4 Å². The largest absolute Gasteiger partial charge is 0.377 e. The van der Waals surface area contributed by atoms with Crippen molar-refractivity contribution in [2.45, 2.75) is 53.2 Å². The van der Waals surface area contributed by atoms with Crippen LogP contribution in [0.2, 0.25) is 0 Å². The molecule has 0 spiro atoms. The lowest BCUT2D eigenvalue weighted by Gasteiger charge is -2.40. The molecule has 3 heterocycles. The number of hydrogen-bond acceptors (Lipinski definition) is 6. The highest BCUT2D eigenvalue weighted by molar-refractivity contribution is 5.94. The summed E-state index contributed by atoms with van der Waals surface area (Å²) in [7, 11) is 0. The molecule has 0 aliphatic carbocycles. The number of nitrogens with one attached hydrogen (secondary N) is 2. The monoisotopic (exact) mass is 385 g/mol. The number of aromatic amines is 1. The predicted octanol–water partition coefficient (Wildman–Crippen LogP) is 1.63. The maximum atomic E-state index is 12.8. The Labute approximate surface area is 164 Å². The summed E-state index contributed by atoms with van der Waals surface area (Å²) in [6.45, 7) is 11.1. The van der Waals surface area contributed by atoms with Crippen LogP contribution in [0.15, 0.2) is 17.2 Å². The molecule has 0 aromatic carbocycles. The van der Waals surface area contributed by atoms with Crippen molar-refractivity contribution in [2.75, 3.05) is 18.1 Å². The van der Waals surface area contributed by atoms with E-state index in [0.29, 0.717) is 24.5 Å². The van der Waals surface area contributed by atoms with Gasteiger partial charge in [0.15, 0.2) is 0 Å². The first kappa shape index (κ1) is 20.0. The number of morpholine rings is 1. The Morgan fingerprint density at radius 3 is 2.57 bits per heavy atom. The quantitative estimate of drug-likeness (QED) is 0.830. The Bertz CT molecular complexity index is 930. The van der Waals surface area contributed by atoms with Gasteiger partial charge in [0.1, 0.15) is 17.8 Å². The van der Waals surface area contributed by atoms with Gasteiger partial charge in [0.05, 0.1) is 25.3 Å². The summed E-state index contributed by atoms with van der Waals surface area (Å²) in [4.78, 5) is 38.5. The van der Waals surface area contributed by atoms with Crippen molar-refractivity contribution < 1.29 is 9.53 Å². The maximum Gasteiger partial charge on any atom is 0.270 e. The van der Waals surface area contributed by atoms with Crippen LogP contribution in [0.1, 0.15) is 46.7 Å². The van der Waals surface area contributed by atoms with Gasteiger partial charge in [-0.3, -0.25) is 9.59 Å². The third-order valence-electron chi connectivity index (χ3n) is 5.10. The van der Waals surface area contributed by atoms with Crippen molar-refractivity contribution in [2.24, 2.45) is 0 Å². The van der Waals surface area contributed by atoms with Crippen LogP contribution in [0.3, 0.4) is 0 Å². The van der Waals surface area contributed by atoms with E-state index >= 15 is 0 Å². The van der Waals surface area contributed by atoms with Gasteiger partial charge in [-0.15, -0.1) is 0 Å². The molecule has 0 saturated carbocycles. The number of carbonyl (C=O) groups excluding carboxylic acids is 1. The smallest absolute Gasteiger partial charge is 0.270 e. The van der Waals surface area contributed by atoms with Gasteiger partial charge in [-0.2, -0.15) is 0 Å². The third-order valence-corrected chi connectivity index (χ3v) is 5.10. The number of aryl methyl sites for hydroxylation is 2. The lowest BCUT2D eigenvalue weighted by Crippen LogP contribution is -2.50. The second kappa shape index (κ2) is 8.10. The molecule has 1 aliphatic heterocycles. The van der Waals surface area contributed by atoms with E-state index < -0.39 is 0 Å². The van der Waals surface area contributed by atoms with E-state index in [1.807, 2.05) is 26.8 Å². The van der Waals surface area contributed by atoms with Gasteiger partial charge < -0.3 is 19.9 Å². The standard InChI is InChI=1S/C20H27N5O3/c1-11-6-12(2)24-19(26)16(11)7-21-20(27)17-15(5)18(23-10-22-17)25-13(3)8-28-9-14(25)4/h6,10,13-14H,7-9H2,1-5H3,(H,21,27)(H,24,26)/t13-,14-/m0/s1. The highest BCUT2D eigenvalue weighted by atomic mass is 16.5. The fraction of sp³-hybridized carbons (Fsp3) is 0.500. The van der Waals surface area contributed by atoms with Crippen molar-refractivity contribution >= 4 is 11.7 Å². The van der Waals surface area contributed by atoms with E-state index in [0.717, 1.165) is 22.6 Å². The van der Waals surface area contributed by atoms with Crippen LogP contribution in [-0.2, 0) is 11.3 Å². The number of hydrogen-bond donors (Lipinski definition) is 2. The third kappa shape index (κ3) is 3.91. The van der Waals surface area contributed by atoms with Gasteiger partial charge in [-0.25, -0.2) is 9.97 Å². The topological polar surface area (TPSA) is 100 Å². The molecule has 8 heteroatoms. The van der Waals surface area contributed by atoms with Crippen LogP contribution >= 0.6 is 0 Å². The van der Waals surface area contributed by atoms with Gasteiger partial charge >= 0.3 is 0 Å². The Hall–Kier alpha value is -2.74. The minimum absolute atomic E-state index is 0.142. The Morgan fingerprint density at radius 1 is 1.25 bits per heavy atom. The molecular weight excluding hydrogens is 358 g/mol. The molecule has 8 nitrogen and oxygen atoms in total. The van der Waals surface area contributed by atoms with Crippen molar-refractivity contribution in [3.8, 4) is 0 Å². The summed E-state index contributed by atoms with van der Waals surface area (Å²) in [6, 6.07) is 2.20. The molecule has 1 saturated heterocycles. The van der Waals surface area contributed by atoms with E-state index in [-0.39, 0.29) is 30.1 Å². The van der Waals surface area contributed by atoms with Crippen molar-refractivity contribution in [3.05, 3.63) is 50.8 Å². The zero-order valence-electron chi connectivity index (χ0n) is 17.0. The molecular formula is C20H27N5O3. The number of nitrogens with zero attached hydrogens (tertiary/aromatic N) is 3. The summed E-state index contributed by atoms with van der Waals surface area (Å²) in [5, 5.41) is 2.82. The highest BCUT2D eigenvalue weighted by Gasteiger charge is 2.29. The zero-order valence-corrected chi connectivity index (χ0v) is 17.0. The van der Waals surface area contributed by atoms with Crippen LogP contribution in [-0.4, -0.2) is 46.2 Å². The number of anilines is 1. The minimum atomic E-state index is -0.325. The van der Waals surface area contributed by atoms with Crippen molar-refractivity contribution in [1.29, 1.82) is 0 Å². The average Bonchev–Trinajstić information content (AvgIpc) is 2.61. The number of amides is 1. The van der Waals surface area contributed by atoms with Gasteiger partial charge in [0.2, 0.25) is 0 Å². The molecule has 2 aromatic rings. The summed E-state index contributed by atoms with van der Waals surface area (Å²) >= 11 is 0.